The van der Waals surface area contributed by atoms with Crippen molar-refractivity contribution in [2.24, 2.45) is 11.8 Å². The predicted molar refractivity (Wildman–Crippen MR) is 59.2 cm³/mol. The Morgan fingerprint density at radius 3 is 2.33 bits per heavy atom. The fourth-order valence-electron chi connectivity index (χ4n) is 2.61. The number of hydrogen-bond acceptors (Lipinski definition) is 1. The average molecular weight is 219 g/mol. The molecule has 1 aliphatic rings. The first-order chi connectivity index (χ1) is 7.06. The highest BCUT2D eigenvalue weighted by Crippen LogP contribution is 2.29. The van der Waals surface area contributed by atoms with E-state index in [0.29, 0.717) is 24.8 Å². The van der Waals surface area contributed by atoms with Crippen molar-refractivity contribution in [2.45, 2.75) is 52.5 Å². The van der Waals surface area contributed by atoms with Gasteiger partial charge in [0, 0.05) is 12.0 Å². The van der Waals surface area contributed by atoms with Gasteiger partial charge in [0.2, 0.25) is 6.43 Å². The van der Waals surface area contributed by atoms with Gasteiger partial charge in [0.25, 0.3) is 0 Å². The van der Waals surface area contributed by atoms with Crippen molar-refractivity contribution < 1.29 is 8.78 Å². The second-order valence-electron chi connectivity index (χ2n) is 4.90. The average Bonchev–Trinajstić information content (AvgIpc) is 2.38. The first-order valence-corrected chi connectivity index (χ1v) is 6.08. The molecule has 0 aromatic carbocycles. The van der Waals surface area contributed by atoms with Crippen LogP contribution < -0.4 is 0 Å². The van der Waals surface area contributed by atoms with Gasteiger partial charge in [-0.25, -0.2) is 8.78 Å². The normalized spacial score (nSPS) is 29.8. The summed E-state index contributed by atoms with van der Waals surface area (Å²) in [7, 11) is 0. The van der Waals surface area contributed by atoms with Gasteiger partial charge in [-0.1, -0.05) is 20.8 Å². The van der Waals surface area contributed by atoms with Gasteiger partial charge >= 0.3 is 0 Å². The molecule has 0 bridgehead atoms. The highest BCUT2D eigenvalue weighted by Gasteiger charge is 2.29. The molecule has 0 radical (unpaired) electrons. The third-order valence-corrected chi connectivity index (χ3v) is 3.62. The standard InChI is InChI=1S/C12H23F2N/c1-4-15-8-7-10(12(13)14)5-6-11(15)9(2)3/h9-12H,4-8H2,1-3H3. The first kappa shape index (κ1) is 12.9. The number of alkyl halides is 2. The maximum Gasteiger partial charge on any atom is 0.241 e. The molecule has 0 spiro atoms. The zero-order valence-corrected chi connectivity index (χ0v) is 10.0. The Balaban J connectivity index is 2.60. The van der Waals surface area contributed by atoms with Crippen molar-refractivity contribution in [3.05, 3.63) is 0 Å². The van der Waals surface area contributed by atoms with E-state index >= 15 is 0 Å². The minimum atomic E-state index is -2.13. The van der Waals surface area contributed by atoms with E-state index in [-0.39, 0.29) is 5.92 Å². The molecule has 1 heterocycles. The Morgan fingerprint density at radius 2 is 1.87 bits per heavy atom. The molecule has 0 aromatic heterocycles. The Hall–Kier alpha value is -0.180. The van der Waals surface area contributed by atoms with Crippen LogP contribution in [-0.4, -0.2) is 30.5 Å². The van der Waals surface area contributed by atoms with Gasteiger partial charge in [-0.15, -0.1) is 0 Å². The van der Waals surface area contributed by atoms with Crippen LogP contribution in [0.2, 0.25) is 0 Å². The number of nitrogens with zero attached hydrogens (tertiary/aromatic N) is 1. The Bertz CT molecular complexity index is 182. The molecule has 3 heteroatoms. The SMILES string of the molecule is CCN1CCC(C(F)F)CCC1C(C)C. The van der Waals surface area contributed by atoms with E-state index in [2.05, 4.69) is 25.7 Å². The molecule has 0 aromatic rings. The lowest BCUT2D eigenvalue weighted by Gasteiger charge is -2.31. The molecule has 0 saturated carbocycles. The van der Waals surface area contributed by atoms with Crippen molar-refractivity contribution in [3.63, 3.8) is 0 Å². The van der Waals surface area contributed by atoms with Crippen LogP contribution in [0.1, 0.15) is 40.0 Å². The van der Waals surface area contributed by atoms with Crippen molar-refractivity contribution >= 4 is 0 Å². The van der Waals surface area contributed by atoms with E-state index in [0.717, 1.165) is 19.5 Å². The largest absolute Gasteiger partial charge is 0.300 e. The van der Waals surface area contributed by atoms with Crippen LogP contribution in [0.25, 0.3) is 0 Å². The van der Waals surface area contributed by atoms with E-state index in [1.807, 2.05) is 0 Å². The van der Waals surface area contributed by atoms with Crippen LogP contribution in [0.3, 0.4) is 0 Å². The zero-order valence-electron chi connectivity index (χ0n) is 10.0. The summed E-state index contributed by atoms with van der Waals surface area (Å²) in [5.74, 6) is 0.198. The van der Waals surface area contributed by atoms with Gasteiger partial charge in [-0.2, -0.15) is 0 Å². The Morgan fingerprint density at radius 1 is 1.20 bits per heavy atom. The second-order valence-corrected chi connectivity index (χ2v) is 4.90. The van der Waals surface area contributed by atoms with Gasteiger partial charge in [0.05, 0.1) is 0 Å². The van der Waals surface area contributed by atoms with Crippen LogP contribution in [0.15, 0.2) is 0 Å². The molecule has 15 heavy (non-hydrogen) atoms. The quantitative estimate of drug-likeness (QED) is 0.703. The smallest absolute Gasteiger partial charge is 0.241 e. The summed E-state index contributed by atoms with van der Waals surface area (Å²) in [5, 5.41) is 0. The number of likely N-dealkylation sites (tertiary alicyclic amines) is 1. The van der Waals surface area contributed by atoms with Crippen LogP contribution >= 0.6 is 0 Å². The highest BCUT2D eigenvalue weighted by atomic mass is 19.3. The lowest BCUT2D eigenvalue weighted by atomic mass is 9.95. The van der Waals surface area contributed by atoms with E-state index < -0.39 is 6.43 Å². The molecule has 1 aliphatic heterocycles. The monoisotopic (exact) mass is 219 g/mol. The van der Waals surface area contributed by atoms with Crippen LogP contribution in [-0.2, 0) is 0 Å². The van der Waals surface area contributed by atoms with E-state index in [1.165, 1.54) is 0 Å². The summed E-state index contributed by atoms with van der Waals surface area (Å²) < 4.78 is 25.3. The maximum atomic E-state index is 12.6. The van der Waals surface area contributed by atoms with Gasteiger partial charge in [-0.05, 0) is 38.3 Å². The molecule has 1 rings (SSSR count). The summed E-state index contributed by atoms with van der Waals surface area (Å²) in [4.78, 5) is 2.37. The van der Waals surface area contributed by atoms with Crippen LogP contribution in [0.5, 0.6) is 0 Å². The second kappa shape index (κ2) is 5.78. The van der Waals surface area contributed by atoms with Crippen molar-refractivity contribution in [3.8, 4) is 0 Å². The third-order valence-electron chi connectivity index (χ3n) is 3.62. The van der Waals surface area contributed by atoms with Gasteiger partial charge < -0.3 is 4.90 Å². The summed E-state index contributed by atoms with van der Waals surface area (Å²) in [5.41, 5.74) is 0. The topological polar surface area (TPSA) is 3.24 Å². The molecular formula is C12H23F2N. The molecule has 2 atom stereocenters. The van der Waals surface area contributed by atoms with Crippen molar-refractivity contribution in [1.82, 2.24) is 4.90 Å². The molecule has 90 valence electrons. The van der Waals surface area contributed by atoms with E-state index in [4.69, 9.17) is 0 Å². The number of halogens is 2. The van der Waals surface area contributed by atoms with Crippen LogP contribution in [0, 0.1) is 11.8 Å². The lowest BCUT2D eigenvalue weighted by Crippen LogP contribution is -2.38. The van der Waals surface area contributed by atoms with Crippen molar-refractivity contribution in [2.75, 3.05) is 13.1 Å². The molecule has 0 aliphatic carbocycles. The third kappa shape index (κ3) is 3.40. The molecule has 1 nitrogen and oxygen atoms in total. The van der Waals surface area contributed by atoms with E-state index in [9.17, 15) is 8.78 Å². The highest BCUT2D eigenvalue weighted by molar-refractivity contribution is 4.80. The van der Waals surface area contributed by atoms with Crippen LogP contribution in [0.4, 0.5) is 8.78 Å². The fourth-order valence-corrected chi connectivity index (χ4v) is 2.61. The summed E-state index contributed by atoms with van der Waals surface area (Å²) in [6.45, 7) is 8.33. The van der Waals surface area contributed by atoms with Gasteiger partial charge in [0.1, 0.15) is 0 Å². The Kier molecular flexibility index (Phi) is 4.97. The molecule has 1 saturated heterocycles. The Labute approximate surface area is 91.8 Å². The van der Waals surface area contributed by atoms with Gasteiger partial charge in [-0.3, -0.25) is 0 Å². The fraction of sp³-hybridized carbons (Fsp3) is 1.00. The minimum Gasteiger partial charge on any atom is -0.300 e. The van der Waals surface area contributed by atoms with Gasteiger partial charge in [0.15, 0.2) is 0 Å². The summed E-state index contributed by atoms with van der Waals surface area (Å²) in [6, 6.07) is 0.499. The number of hydrogen-bond donors (Lipinski definition) is 0. The van der Waals surface area contributed by atoms with Crippen molar-refractivity contribution in [1.29, 1.82) is 0 Å². The predicted octanol–water partition coefficient (Wildman–Crippen LogP) is 3.40. The summed E-state index contributed by atoms with van der Waals surface area (Å²) >= 11 is 0. The molecule has 1 fully saturated rings. The molecule has 2 unspecified atom stereocenters. The van der Waals surface area contributed by atoms with E-state index in [1.54, 1.807) is 0 Å². The first-order valence-electron chi connectivity index (χ1n) is 6.08. The summed E-state index contributed by atoms with van der Waals surface area (Å²) in [6.07, 6.45) is 0.154. The molecule has 0 amide bonds. The number of rotatable bonds is 3. The zero-order chi connectivity index (χ0) is 11.4. The lowest BCUT2D eigenvalue weighted by molar-refractivity contribution is 0.0689. The minimum absolute atomic E-state index is 0.372. The molecule has 0 N–H and O–H groups in total. The molecular weight excluding hydrogens is 196 g/mol. The maximum absolute atomic E-state index is 12.6.